The Morgan fingerprint density at radius 2 is 2.14 bits per heavy atom. The summed E-state index contributed by atoms with van der Waals surface area (Å²) in [6, 6.07) is 14.6. The molecule has 0 bridgehead atoms. The van der Waals surface area contributed by atoms with Crippen LogP contribution in [0.3, 0.4) is 0 Å². The minimum absolute atomic E-state index is 0.00621. The highest BCUT2D eigenvalue weighted by Gasteiger charge is 2.25. The molecule has 0 fully saturated rings. The van der Waals surface area contributed by atoms with E-state index in [2.05, 4.69) is 41.6 Å². The number of aryl methyl sites for hydroxylation is 2. The van der Waals surface area contributed by atoms with Gasteiger partial charge in [-0.15, -0.1) is 0 Å². The molecular formula is C23H23N3O2. The topological polar surface area (TPSA) is 56.2 Å². The van der Waals surface area contributed by atoms with Gasteiger partial charge in [0, 0.05) is 11.1 Å². The molecule has 3 aromatic rings. The van der Waals surface area contributed by atoms with Gasteiger partial charge >= 0.3 is 0 Å². The highest BCUT2D eigenvalue weighted by Crippen LogP contribution is 2.38. The lowest BCUT2D eigenvalue weighted by molar-refractivity contribution is -0.122. The fourth-order valence-electron chi connectivity index (χ4n) is 4.35. The van der Waals surface area contributed by atoms with Crippen molar-refractivity contribution < 1.29 is 9.53 Å². The van der Waals surface area contributed by atoms with E-state index in [1.807, 2.05) is 24.4 Å². The van der Waals surface area contributed by atoms with E-state index in [1.54, 1.807) is 4.68 Å². The molecule has 0 unspecified atom stereocenters. The number of benzene rings is 2. The van der Waals surface area contributed by atoms with E-state index < -0.39 is 0 Å². The standard InChI is InChI=1S/C23H23N3O2/c1-15-9-10-21-19(11-15)23-17(14-28-21)12-24-26(23)13-22(27)25-20-8-4-6-16-5-2-3-7-18(16)20/h2-3,5,7,9-12,20H,4,6,8,13-14H2,1H3,(H,25,27)/t20-/m0/s1. The summed E-state index contributed by atoms with van der Waals surface area (Å²) in [6.45, 7) is 2.76. The van der Waals surface area contributed by atoms with E-state index in [9.17, 15) is 4.79 Å². The summed E-state index contributed by atoms with van der Waals surface area (Å²) < 4.78 is 7.64. The molecule has 5 rings (SSSR count). The van der Waals surface area contributed by atoms with Gasteiger partial charge in [-0.25, -0.2) is 0 Å². The molecule has 28 heavy (non-hydrogen) atoms. The van der Waals surface area contributed by atoms with Crippen LogP contribution < -0.4 is 10.1 Å². The van der Waals surface area contributed by atoms with Gasteiger partial charge in [-0.05, 0) is 49.4 Å². The summed E-state index contributed by atoms with van der Waals surface area (Å²) in [4.78, 5) is 12.8. The summed E-state index contributed by atoms with van der Waals surface area (Å²) >= 11 is 0. The zero-order valence-electron chi connectivity index (χ0n) is 15.9. The SMILES string of the molecule is Cc1ccc2c(c1)-c1c(cnn1CC(=O)N[C@H]1CCCc3ccccc31)CO2. The highest BCUT2D eigenvalue weighted by atomic mass is 16.5. The Kier molecular flexibility index (Phi) is 4.15. The van der Waals surface area contributed by atoms with E-state index in [0.717, 1.165) is 47.4 Å². The molecule has 142 valence electrons. The van der Waals surface area contributed by atoms with Crippen molar-refractivity contribution in [3.05, 3.63) is 70.9 Å². The van der Waals surface area contributed by atoms with Crippen LogP contribution in [0, 0.1) is 6.92 Å². The molecule has 1 N–H and O–H groups in total. The largest absolute Gasteiger partial charge is 0.488 e. The number of nitrogens with one attached hydrogen (secondary N) is 1. The second-order valence-corrected chi connectivity index (χ2v) is 7.68. The van der Waals surface area contributed by atoms with Crippen LogP contribution in [0.1, 0.15) is 41.1 Å². The van der Waals surface area contributed by atoms with Crippen molar-refractivity contribution in [1.29, 1.82) is 0 Å². The van der Waals surface area contributed by atoms with Gasteiger partial charge in [0.1, 0.15) is 18.9 Å². The van der Waals surface area contributed by atoms with Gasteiger partial charge in [-0.2, -0.15) is 5.10 Å². The summed E-state index contributed by atoms with van der Waals surface area (Å²) in [6.07, 6.45) is 4.98. The van der Waals surface area contributed by atoms with Crippen molar-refractivity contribution >= 4 is 5.91 Å². The van der Waals surface area contributed by atoms with Gasteiger partial charge in [-0.1, -0.05) is 35.9 Å². The summed E-state index contributed by atoms with van der Waals surface area (Å²) in [5.74, 6) is 0.842. The van der Waals surface area contributed by atoms with Crippen LogP contribution in [0.4, 0.5) is 0 Å². The quantitative estimate of drug-likeness (QED) is 0.756. The third-order valence-corrected chi connectivity index (χ3v) is 5.69. The number of carbonyl (C=O) groups excluding carboxylic acids is 1. The lowest BCUT2D eigenvalue weighted by Gasteiger charge is -2.26. The number of nitrogens with zero attached hydrogens (tertiary/aromatic N) is 2. The maximum absolute atomic E-state index is 12.8. The minimum Gasteiger partial charge on any atom is -0.488 e. The molecule has 2 aromatic carbocycles. The molecule has 0 radical (unpaired) electrons. The molecule has 5 nitrogen and oxygen atoms in total. The Morgan fingerprint density at radius 1 is 1.25 bits per heavy atom. The van der Waals surface area contributed by atoms with Gasteiger partial charge < -0.3 is 10.1 Å². The fraction of sp³-hybridized carbons (Fsp3) is 0.304. The number of carbonyl (C=O) groups is 1. The Bertz CT molecular complexity index is 1050. The number of amides is 1. The Balaban J connectivity index is 1.39. The molecule has 0 spiro atoms. The smallest absolute Gasteiger partial charge is 0.242 e. The summed E-state index contributed by atoms with van der Waals surface area (Å²) in [5, 5.41) is 7.70. The van der Waals surface area contributed by atoms with Crippen LogP contribution in [-0.4, -0.2) is 15.7 Å². The van der Waals surface area contributed by atoms with Crippen LogP contribution >= 0.6 is 0 Å². The van der Waals surface area contributed by atoms with Crippen molar-refractivity contribution in [2.75, 3.05) is 0 Å². The van der Waals surface area contributed by atoms with Gasteiger partial charge in [0.2, 0.25) is 5.91 Å². The molecule has 1 amide bonds. The zero-order chi connectivity index (χ0) is 19.1. The lowest BCUT2D eigenvalue weighted by atomic mass is 9.88. The molecule has 2 heterocycles. The van der Waals surface area contributed by atoms with Crippen LogP contribution in [0.2, 0.25) is 0 Å². The fourth-order valence-corrected chi connectivity index (χ4v) is 4.35. The maximum atomic E-state index is 12.8. The van der Waals surface area contributed by atoms with E-state index in [4.69, 9.17) is 4.74 Å². The molecule has 1 atom stereocenters. The first-order chi connectivity index (χ1) is 13.7. The van der Waals surface area contributed by atoms with Crippen molar-refractivity contribution in [1.82, 2.24) is 15.1 Å². The van der Waals surface area contributed by atoms with Gasteiger partial charge in [-0.3, -0.25) is 9.48 Å². The van der Waals surface area contributed by atoms with Crippen LogP contribution in [0.15, 0.2) is 48.7 Å². The van der Waals surface area contributed by atoms with Crippen molar-refractivity contribution in [3.63, 3.8) is 0 Å². The normalized spacial score (nSPS) is 17.1. The molecule has 1 aliphatic carbocycles. The molecule has 0 saturated heterocycles. The first kappa shape index (κ1) is 17.0. The van der Waals surface area contributed by atoms with Crippen molar-refractivity contribution in [2.24, 2.45) is 0 Å². The number of rotatable bonds is 3. The van der Waals surface area contributed by atoms with Crippen LogP contribution in [0.5, 0.6) is 5.75 Å². The molecule has 5 heteroatoms. The monoisotopic (exact) mass is 373 g/mol. The van der Waals surface area contributed by atoms with Crippen LogP contribution in [-0.2, 0) is 24.4 Å². The van der Waals surface area contributed by atoms with E-state index >= 15 is 0 Å². The first-order valence-electron chi connectivity index (χ1n) is 9.85. The Labute approximate surface area is 164 Å². The number of hydrogen-bond donors (Lipinski definition) is 1. The number of aromatic nitrogens is 2. The van der Waals surface area contributed by atoms with Crippen molar-refractivity contribution in [2.45, 2.75) is 45.4 Å². The maximum Gasteiger partial charge on any atom is 0.242 e. The lowest BCUT2D eigenvalue weighted by Crippen LogP contribution is -2.34. The molecule has 2 aliphatic rings. The average molecular weight is 373 g/mol. The van der Waals surface area contributed by atoms with E-state index in [1.165, 1.54) is 11.1 Å². The first-order valence-corrected chi connectivity index (χ1v) is 9.85. The van der Waals surface area contributed by atoms with Crippen molar-refractivity contribution in [3.8, 4) is 17.0 Å². The van der Waals surface area contributed by atoms with Gasteiger partial charge in [0.25, 0.3) is 0 Å². The zero-order valence-corrected chi connectivity index (χ0v) is 15.9. The van der Waals surface area contributed by atoms with Gasteiger partial charge in [0.05, 0.1) is 17.9 Å². The number of hydrogen-bond acceptors (Lipinski definition) is 3. The molecule has 1 aromatic heterocycles. The third-order valence-electron chi connectivity index (χ3n) is 5.69. The third kappa shape index (κ3) is 2.97. The van der Waals surface area contributed by atoms with E-state index in [-0.39, 0.29) is 18.5 Å². The Hall–Kier alpha value is -3.08. The average Bonchev–Trinajstić information content (AvgIpc) is 3.11. The van der Waals surface area contributed by atoms with E-state index in [0.29, 0.717) is 6.61 Å². The second-order valence-electron chi connectivity index (χ2n) is 7.68. The molecule has 0 saturated carbocycles. The Morgan fingerprint density at radius 3 is 3.07 bits per heavy atom. The molecular weight excluding hydrogens is 350 g/mol. The number of fused-ring (bicyclic) bond motifs is 4. The summed E-state index contributed by atoms with van der Waals surface area (Å²) in [7, 11) is 0. The van der Waals surface area contributed by atoms with Gasteiger partial charge in [0.15, 0.2) is 0 Å². The molecule has 1 aliphatic heterocycles. The predicted octanol–water partition coefficient (Wildman–Crippen LogP) is 3.94. The highest BCUT2D eigenvalue weighted by molar-refractivity contribution is 5.79. The number of ether oxygens (including phenoxy) is 1. The predicted molar refractivity (Wildman–Crippen MR) is 107 cm³/mol. The van der Waals surface area contributed by atoms with Crippen LogP contribution in [0.25, 0.3) is 11.3 Å². The summed E-state index contributed by atoms with van der Waals surface area (Å²) in [5.41, 5.74) is 6.77. The second kappa shape index (κ2) is 6.82. The minimum atomic E-state index is -0.00621.